The number of benzene rings is 3. The number of nitrogens with one attached hydrogen (secondary N) is 6. The normalized spacial score (nSPS) is 20.5. The summed E-state index contributed by atoms with van der Waals surface area (Å²) >= 11 is 24.4. The number of ether oxygens (including phenoxy) is 1. The Balaban J connectivity index is 0.000000223. The van der Waals surface area contributed by atoms with E-state index in [-0.39, 0.29) is 133 Å². The third-order valence-electron chi connectivity index (χ3n) is 18.4. The van der Waals surface area contributed by atoms with Gasteiger partial charge in [0, 0.05) is 45.3 Å². The van der Waals surface area contributed by atoms with Gasteiger partial charge in [-0.2, -0.15) is 0 Å². The lowest BCUT2D eigenvalue weighted by atomic mass is 10.0. The molecule has 0 spiro atoms. The van der Waals surface area contributed by atoms with Crippen LogP contribution >= 0.6 is 46.4 Å². The lowest BCUT2D eigenvalue weighted by Crippen LogP contribution is -2.64. The number of hydrogen-bond donors (Lipinski definition) is 9. The molecule has 115 heavy (non-hydrogen) atoms. The maximum absolute atomic E-state index is 13.8. The molecule has 0 unspecified atom stereocenters. The number of halogens is 4. The average Bonchev–Trinajstić information content (AvgIpc) is 1.75. The van der Waals surface area contributed by atoms with E-state index in [1.807, 2.05) is 30.3 Å². The van der Waals surface area contributed by atoms with Gasteiger partial charge in [0.1, 0.15) is 54.6 Å². The number of aldehydes is 1. The molecule has 10 amide bonds. The highest BCUT2D eigenvalue weighted by molar-refractivity contribution is 7.89. The number of carbonyl (C=O) groups excluding carboxylic acids is 14. The van der Waals surface area contributed by atoms with E-state index in [1.54, 1.807) is 18.2 Å². The molecule has 0 saturated carbocycles. The first-order chi connectivity index (χ1) is 54.2. The standard InChI is InChI=1S/C32H31Cl2N5O8.C23H26Cl2N4O10S.C15H22N4O8S/c33-19-8-4-9-20(34)28(19)24-17-35-31(47-24)29(44)22(16-27(42)43)37-30(45)23-10-5-15-38-26(41)14-12-21(32(46)39(23)38)36-25(40)13-11-18-6-2-1-3-7-18;1-40(37,38)27-14-7-8-18(31)28-9-3-6-16(29(28)22(14)35)21(34)26-15(10-19(32)33)17(30)11-39-23(36)20-12(24)4-2-5-13(20)25;1-28(26,27)17-10-4-5-12(21)18-6-2-3-11(19(18)15(10)25)14(24)16-9(8-20)7-13(22)23/h1-4,6-9,17,21-23H,5,10-16H2,(H,36,40)(H,37,45)(H,42,43);2,4-5,14-16,27H,3,6-11H2,1H3,(H,26,34)(H,32,33);8-11,17H,2-7H2,1H3,(H,16,24)(H,22,23)/t21-,22-,23-;14-,15-,16-;9-,10-,11-/m000/s1. The molecule has 9 N–H and O–H groups in total. The largest absolute Gasteiger partial charge is 0.481 e. The van der Waals surface area contributed by atoms with E-state index in [0.717, 1.165) is 43.1 Å². The number of aryl methyl sites for hydroxylation is 1. The highest BCUT2D eigenvalue weighted by Crippen LogP contribution is 2.36. The summed E-state index contributed by atoms with van der Waals surface area (Å²) in [7, 11) is -7.59. The van der Waals surface area contributed by atoms with E-state index in [0.29, 0.717) is 25.7 Å². The number of ketones is 2. The zero-order valence-corrected chi connectivity index (χ0v) is 65.9. The number of carbonyl (C=O) groups is 17. The third kappa shape index (κ3) is 24.3. The Morgan fingerprint density at radius 1 is 0.557 bits per heavy atom. The van der Waals surface area contributed by atoms with Gasteiger partial charge in [0.25, 0.3) is 23.6 Å². The maximum Gasteiger partial charge on any atom is 0.341 e. The molecule has 6 aliphatic rings. The van der Waals surface area contributed by atoms with Crippen molar-refractivity contribution in [3.63, 3.8) is 0 Å². The molecule has 9 atom stereocenters. The molecule has 6 aliphatic heterocycles. The van der Waals surface area contributed by atoms with Crippen molar-refractivity contribution in [2.75, 3.05) is 38.8 Å². The fourth-order valence-electron chi connectivity index (χ4n) is 13.2. The summed E-state index contributed by atoms with van der Waals surface area (Å²) in [6.07, 6.45) is 2.41. The first-order valence-electron chi connectivity index (χ1n) is 35.5. The smallest absolute Gasteiger partial charge is 0.341 e. The minimum Gasteiger partial charge on any atom is -0.481 e. The molecule has 0 radical (unpaired) electrons. The van der Waals surface area contributed by atoms with Gasteiger partial charge in [-0.25, -0.2) is 51.1 Å². The van der Waals surface area contributed by atoms with Crippen LogP contribution in [0.2, 0.25) is 20.1 Å². The van der Waals surface area contributed by atoms with Gasteiger partial charge in [-0.3, -0.25) is 86.9 Å². The summed E-state index contributed by atoms with van der Waals surface area (Å²) in [4.78, 5) is 218. The van der Waals surface area contributed by atoms with Crippen LogP contribution in [-0.4, -0.2) is 261 Å². The van der Waals surface area contributed by atoms with Crippen LogP contribution in [0.5, 0.6) is 0 Å². The number of esters is 1. The highest BCUT2D eigenvalue weighted by Gasteiger charge is 2.49. The van der Waals surface area contributed by atoms with Crippen molar-refractivity contribution >= 4 is 167 Å². The Hall–Kier alpha value is -10.6. The Morgan fingerprint density at radius 2 is 0.974 bits per heavy atom. The van der Waals surface area contributed by atoms with Gasteiger partial charge in [-0.15, -0.1) is 0 Å². The molecular weight excluding hydrogens is 1640 g/mol. The second kappa shape index (κ2) is 40.1. The quantitative estimate of drug-likeness (QED) is 0.0219. The summed E-state index contributed by atoms with van der Waals surface area (Å²) in [6.45, 7) is -0.481. The van der Waals surface area contributed by atoms with E-state index in [4.69, 9.17) is 60.7 Å². The van der Waals surface area contributed by atoms with E-state index in [1.165, 1.54) is 29.4 Å². The molecule has 0 aliphatic carbocycles. The number of carboxylic acids is 3. The zero-order valence-electron chi connectivity index (χ0n) is 61.2. The van der Waals surface area contributed by atoms with E-state index in [9.17, 15) is 109 Å². The number of amides is 10. The molecule has 39 nitrogen and oxygen atoms in total. The number of aliphatic carboxylic acids is 3. The van der Waals surface area contributed by atoms with Gasteiger partial charge in [0.05, 0.1) is 75.2 Å². The number of carboxylic acid groups (broad SMARTS) is 3. The molecule has 0 bridgehead atoms. The van der Waals surface area contributed by atoms with Crippen LogP contribution in [0, 0.1) is 0 Å². The number of oxazole rings is 1. The lowest BCUT2D eigenvalue weighted by molar-refractivity contribution is -0.176. The first-order valence-corrected chi connectivity index (χ1v) is 40.8. The van der Waals surface area contributed by atoms with Gasteiger partial charge in [-0.1, -0.05) is 88.9 Å². The summed E-state index contributed by atoms with van der Waals surface area (Å²) in [5, 5.41) is 43.9. The van der Waals surface area contributed by atoms with Crippen LogP contribution in [0.4, 0.5) is 0 Å². The second-order valence-corrected chi connectivity index (χ2v) is 32.2. The van der Waals surface area contributed by atoms with Crippen LogP contribution in [0.3, 0.4) is 0 Å². The minimum absolute atomic E-state index is 0.0393. The third-order valence-corrected chi connectivity index (χ3v) is 21.1. The van der Waals surface area contributed by atoms with Crippen molar-refractivity contribution in [1.29, 1.82) is 0 Å². The van der Waals surface area contributed by atoms with Crippen LogP contribution in [-0.2, 0) is 103 Å². The summed E-state index contributed by atoms with van der Waals surface area (Å²) < 4.78 is 61.5. The first kappa shape index (κ1) is 90.0. The predicted molar refractivity (Wildman–Crippen MR) is 399 cm³/mol. The second-order valence-electron chi connectivity index (χ2n) is 27.0. The topological polar surface area (TPSA) is 546 Å². The van der Waals surface area contributed by atoms with Crippen LogP contribution in [0.15, 0.2) is 77.3 Å². The monoisotopic (exact) mass is 1720 g/mol. The van der Waals surface area contributed by atoms with Crippen molar-refractivity contribution in [2.24, 2.45) is 0 Å². The Bertz CT molecular complexity index is 4670. The van der Waals surface area contributed by atoms with E-state index < -0.39 is 195 Å². The molecule has 10 rings (SSSR count). The van der Waals surface area contributed by atoms with Gasteiger partial charge < -0.3 is 50.5 Å². The van der Waals surface area contributed by atoms with Crippen molar-refractivity contribution < 1.29 is 123 Å². The molecule has 6 saturated heterocycles. The van der Waals surface area contributed by atoms with E-state index >= 15 is 0 Å². The average molecular weight is 1720 g/mol. The van der Waals surface area contributed by atoms with Crippen LogP contribution in [0.25, 0.3) is 11.3 Å². The number of hydrogen-bond acceptors (Lipinski definition) is 24. The van der Waals surface area contributed by atoms with Gasteiger partial charge in [0.2, 0.25) is 67.2 Å². The summed E-state index contributed by atoms with van der Waals surface area (Å²) in [5.74, 6) is -14.1. The molecule has 4 aromatic rings. The molecule has 45 heteroatoms. The fraction of sp³-hybridized carbons (Fsp3) is 0.457. The number of hydrazine groups is 3. The van der Waals surface area contributed by atoms with Gasteiger partial charge >= 0.3 is 23.9 Å². The van der Waals surface area contributed by atoms with Gasteiger partial charge in [0.15, 0.2) is 18.2 Å². The van der Waals surface area contributed by atoms with E-state index in [2.05, 4.69) is 35.7 Å². The SMILES string of the molecule is CS(=O)(=O)N[C@H]1CCC(=O)N2CCC[C@@H](C(=O)N[C@@H](CC(=O)O)C(=O)COC(=O)c3c(Cl)cccc3Cl)N2C1=O.CS(=O)(=O)N[C@H]1CCC(=O)N2CCC[C@@H](C(=O)N[C@H](C=O)CC(=O)O)N2C1=O.O=C(O)C[C@H](NC(=O)[C@@H]1CCCN2C(=O)CC[C@H](NC(=O)CCc3ccccc3)C(=O)N12)C(=O)c1ncc(-c2c(Cl)cccc2Cl)o1. The number of sulfonamides is 2. The molecule has 3 aromatic carbocycles. The molecule has 1 aromatic heterocycles. The lowest BCUT2D eigenvalue weighted by Gasteiger charge is -2.43. The maximum atomic E-state index is 13.8. The highest BCUT2D eigenvalue weighted by atomic mass is 35.5. The number of fused-ring (bicyclic) bond motifs is 3. The Kier molecular flexibility index (Phi) is 31.4. The van der Waals surface area contributed by atoms with Crippen molar-refractivity contribution in [3.8, 4) is 11.3 Å². The summed E-state index contributed by atoms with van der Waals surface area (Å²) in [5.41, 5.74) is 1.01. The molecule has 620 valence electrons. The number of nitrogens with zero attached hydrogens (tertiary/aromatic N) is 7. The minimum atomic E-state index is -3.84. The number of Topliss-reactive ketones (excluding diaryl/α,β-unsaturated/α-hetero) is 2. The van der Waals surface area contributed by atoms with Crippen LogP contribution < -0.4 is 30.7 Å². The molecule has 6 fully saturated rings. The van der Waals surface area contributed by atoms with Crippen LogP contribution in [0.1, 0.15) is 129 Å². The van der Waals surface area contributed by atoms with Crippen molar-refractivity contribution in [1.82, 2.24) is 65.7 Å². The Labute approximate surface area is 675 Å². The van der Waals surface area contributed by atoms with Crippen molar-refractivity contribution in [3.05, 3.63) is 110 Å². The zero-order chi connectivity index (χ0) is 84.5. The number of rotatable bonds is 28. The summed E-state index contributed by atoms with van der Waals surface area (Å²) in [6, 6.07) is 6.37. The number of aromatic nitrogens is 1. The van der Waals surface area contributed by atoms with Gasteiger partial charge in [-0.05, 0) is 94.0 Å². The Morgan fingerprint density at radius 3 is 1.42 bits per heavy atom. The fourth-order valence-corrected chi connectivity index (χ4v) is 15.8. The predicted octanol–water partition coefficient (Wildman–Crippen LogP) is 1.15. The van der Waals surface area contributed by atoms with Crippen molar-refractivity contribution in [2.45, 2.75) is 164 Å². The molecule has 7 heterocycles. The molecular formula is C70H79Cl4N13O26S2.